The van der Waals surface area contributed by atoms with E-state index in [1.54, 1.807) is 35.2 Å². The molecule has 1 aromatic carbocycles. The summed E-state index contributed by atoms with van der Waals surface area (Å²) in [5, 5.41) is 3.28. The van der Waals surface area contributed by atoms with E-state index in [0.29, 0.717) is 29.5 Å². The van der Waals surface area contributed by atoms with Crippen molar-refractivity contribution in [1.29, 1.82) is 0 Å². The third kappa shape index (κ3) is 4.17. The van der Waals surface area contributed by atoms with Gasteiger partial charge in [-0.3, -0.25) is 9.59 Å². The van der Waals surface area contributed by atoms with Crippen LogP contribution >= 0.6 is 11.6 Å². The number of aryl methyl sites for hydroxylation is 1. The standard InChI is InChI=1S/C19H20ClN3O2/c1-13-6-4-10-17(21-13)22-18(24)14-7-5-11-23(12-14)19(25)15-8-2-3-9-16(15)20/h2-4,6,8-10,14H,5,7,11-12H2,1H3,(H,21,22,24). The fourth-order valence-corrected chi connectivity index (χ4v) is 3.24. The highest BCUT2D eigenvalue weighted by molar-refractivity contribution is 6.33. The van der Waals surface area contributed by atoms with Gasteiger partial charge < -0.3 is 10.2 Å². The first-order chi connectivity index (χ1) is 12.0. The molecule has 1 fully saturated rings. The van der Waals surface area contributed by atoms with Gasteiger partial charge in [0.05, 0.1) is 16.5 Å². The van der Waals surface area contributed by atoms with Crippen LogP contribution in [0, 0.1) is 12.8 Å². The van der Waals surface area contributed by atoms with Crippen LogP contribution in [0.1, 0.15) is 28.9 Å². The Kier molecular flexibility index (Phi) is 5.34. The molecule has 5 nitrogen and oxygen atoms in total. The van der Waals surface area contributed by atoms with E-state index >= 15 is 0 Å². The smallest absolute Gasteiger partial charge is 0.255 e. The molecule has 0 bridgehead atoms. The molecule has 3 rings (SSSR count). The molecule has 2 amide bonds. The van der Waals surface area contributed by atoms with Crippen molar-refractivity contribution < 1.29 is 9.59 Å². The first-order valence-corrected chi connectivity index (χ1v) is 8.71. The molecular weight excluding hydrogens is 338 g/mol. The topological polar surface area (TPSA) is 62.3 Å². The Morgan fingerprint density at radius 2 is 2.00 bits per heavy atom. The molecule has 0 spiro atoms. The lowest BCUT2D eigenvalue weighted by Crippen LogP contribution is -2.43. The van der Waals surface area contributed by atoms with Crippen LogP contribution in [-0.2, 0) is 4.79 Å². The maximum absolute atomic E-state index is 12.7. The molecule has 130 valence electrons. The van der Waals surface area contributed by atoms with Crippen LogP contribution in [0.2, 0.25) is 5.02 Å². The van der Waals surface area contributed by atoms with Crippen molar-refractivity contribution in [3.63, 3.8) is 0 Å². The fourth-order valence-electron chi connectivity index (χ4n) is 3.02. The second-order valence-electron chi connectivity index (χ2n) is 6.22. The van der Waals surface area contributed by atoms with Gasteiger partial charge >= 0.3 is 0 Å². The first-order valence-electron chi connectivity index (χ1n) is 8.33. The van der Waals surface area contributed by atoms with Crippen molar-refractivity contribution in [3.05, 3.63) is 58.7 Å². The van der Waals surface area contributed by atoms with Gasteiger partial charge in [0.15, 0.2) is 0 Å². The number of carbonyl (C=O) groups excluding carboxylic acids is 2. The highest BCUT2D eigenvalue weighted by Gasteiger charge is 2.29. The predicted octanol–water partition coefficient (Wildman–Crippen LogP) is 3.53. The summed E-state index contributed by atoms with van der Waals surface area (Å²) in [6.07, 6.45) is 1.54. The summed E-state index contributed by atoms with van der Waals surface area (Å²) in [7, 11) is 0. The number of benzene rings is 1. The molecule has 2 heterocycles. The number of rotatable bonds is 3. The monoisotopic (exact) mass is 357 g/mol. The lowest BCUT2D eigenvalue weighted by molar-refractivity contribution is -0.121. The largest absolute Gasteiger partial charge is 0.338 e. The van der Waals surface area contributed by atoms with E-state index in [-0.39, 0.29) is 17.7 Å². The molecule has 1 N–H and O–H groups in total. The van der Waals surface area contributed by atoms with Gasteiger partial charge in [0, 0.05) is 18.8 Å². The van der Waals surface area contributed by atoms with Crippen molar-refractivity contribution in [2.24, 2.45) is 5.92 Å². The Balaban J connectivity index is 1.67. The average molecular weight is 358 g/mol. The molecule has 25 heavy (non-hydrogen) atoms. The van der Waals surface area contributed by atoms with Gasteiger partial charge in [0.25, 0.3) is 5.91 Å². The molecule has 6 heteroatoms. The number of nitrogens with zero attached hydrogens (tertiary/aromatic N) is 2. The third-order valence-electron chi connectivity index (χ3n) is 4.32. The number of halogens is 1. The summed E-state index contributed by atoms with van der Waals surface area (Å²) >= 11 is 6.12. The van der Waals surface area contributed by atoms with Crippen LogP contribution < -0.4 is 5.32 Å². The molecule has 1 saturated heterocycles. The highest BCUT2D eigenvalue weighted by atomic mass is 35.5. The van der Waals surface area contributed by atoms with Crippen LogP contribution in [0.15, 0.2) is 42.5 Å². The normalized spacial score (nSPS) is 17.2. The highest BCUT2D eigenvalue weighted by Crippen LogP contribution is 2.23. The zero-order chi connectivity index (χ0) is 17.8. The number of piperidine rings is 1. The molecular formula is C19H20ClN3O2. The zero-order valence-corrected chi connectivity index (χ0v) is 14.8. The zero-order valence-electron chi connectivity index (χ0n) is 14.0. The molecule has 0 saturated carbocycles. The summed E-state index contributed by atoms with van der Waals surface area (Å²) in [5.41, 5.74) is 1.32. The Hall–Kier alpha value is -2.40. The maximum Gasteiger partial charge on any atom is 0.255 e. The summed E-state index contributed by atoms with van der Waals surface area (Å²) in [5.74, 6) is 0.0635. The van der Waals surface area contributed by atoms with Crippen LogP contribution in [-0.4, -0.2) is 34.8 Å². The number of nitrogens with one attached hydrogen (secondary N) is 1. The molecule has 0 aliphatic carbocycles. The van der Waals surface area contributed by atoms with Gasteiger partial charge in [0.2, 0.25) is 5.91 Å². The van der Waals surface area contributed by atoms with Gasteiger partial charge in [-0.15, -0.1) is 0 Å². The van der Waals surface area contributed by atoms with E-state index in [4.69, 9.17) is 11.6 Å². The Morgan fingerprint density at radius 1 is 1.20 bits per heavy atom. The number of anilines is 1. The number of aromatic nitrogens is 1. The summed E-state index contributed by atoms with van der Waals surface area (Å²) in [6, 6.07) is 12.5. The summed E-state index contributed by atoms with van der Waals surface area (Å²) in [6.45, 7) is 2.90. The quantitative estimate of drug-likeness (QED) is 0.913. The van der Waals surface area contributed by atoms with Crippen molar-refractivity contribution in [1.82, 2.24) is 9.88 Å². The number of amides is 2. The van der Waals surface area contributed by atoms with Gasteiger partial charge in [-0.05, 0) is 44.0 Å². The second-order valence-corrected chi connectivity index (χ2v) is 6.63. The molecule has 1 aromatic heterocycles. The van der Waals surface area contributed by atoms with E-state index in [1.165, 1.54) is 0 Å². The van der Waals surface area contributed by atoms with E-state index in [2.05, 4.69) is 10.3 Å². The van der Waals surface area contributed by atoms with Crippen molar-refractivity contribution >= 4 is 29.2 Å². The maximum atomic E-state index is 12.7. The summed E-state index contributed by atoms with van der Waals surface area (Å²) in [4.78, 5) is 31.2. The molecule has 2 aromatic rings. The Labute approximate surface area is 152 Å². The molecule has 1 unspecified atom stereocenters. The van der Waals surface area contributed by atoms with E-state index < -0.39 is 0 Å². The molecule has 1 aliphatic heterocycles. The second kappa shape index (κ2) is 7.66. The first kappa shape index (κ1) is 17.4. The van der Waals surface area contributed by atoms with Crippen molar-refractivity contribution in [3.8, 4) is 0 Å². The minimum atomic E-state index is -0.248. The molecule has 1 atom stereocenters. The molecule has 0 radical (unpaired) electrons. The fraction of sp³-hybridized carbons (Fsp3) is 0.316. The van der Waals surface area contributed by atoms with Gasteiger partial charge in [-0.1, -0.05) is 29.8 Å². The van der Waals surface area contributed by atoms with E-state index in [9.17, 15) is 9.59 Å². The SMILES string of the molecule is Cc1cccc(NC(=O)C2CCCN(C(=O)c3ccccc3Cl)C2)n1. The van der Waals surface area contributed by atoms with Crippen molar-refractivity contribution in [2.45, 2.75) is 19.8 Å². The number of carbonyl (C=O) groups is 2. The third-order valence-corrected chi connectivity index (χ3v) is 4.65. The number of pyridine rings is 1. The number of hydrogen-bond acceptors (Lipinski definition) is 3. The minimum Gasteiger partial charge on any atom is -0.338 e. The van der Waals surface area contributed by atoms with Crippen LogP contribution in [0.5, 0.6) is 0 Å². The van der Waals surface area contributed by atoms with Crippen molar-refractivity contribution in [2.75, 3.05) is 18.4 Å². The van der Waals surface area contributed by atoms with E-state index in [1.807, 2.05) is 19.1 Å². The Morgan fingerprint density at radius 3 is 2.76 bits per heavy atom. The van der Waals surface area contributed by atoms with Gasteiger partial charge in [-0.25, -0.2) is 4.98 Å². The van der Waals surface area contributed by atoms with Gasteiger partial charge in [0.1, 0.15) is 5.82 Å². The predicted molar refractivity (Wildman–Crippen MR) is 97.7 cm³/mol. The average Bonchev–Trinajstić information content (AvgIpc) is 2.62. The lowest BCUT2D eigenvalue weighted by atomic mass is 9.96. The minimum absolute atomic E-state index is 0.102. The van der Waals surface area contributed by atoms with Crippen LogP contribution in [0.4, 0.5) is 5.82 Å². The lowest BCUT2D eigenvalue weighted by Gasteiger charge is -2.32. The number of hydrogen-bond donors (Lipinski definition) is 1. The van der Waals surface area contributed by atoms with E-state index in [0.717, 1.165) is 18.5 Å². The van der Waals surface area contributed by atoms with Crippen LogP contribution in [0.25, 0.3) is 0 Å². The van der Waals surface area contributed by atoms with Crippen LogP contribution in [0.3, 0.4) is 0 Å². The summed E-state index contributed by atoms with van der Waals surface area (Å²) < 4.78 is 0. The van der Waals surface area contributed by atoms with Gasteiger partial charge in [-0.2, -0.15) is 0 Å². The molecule has 1 aliphatic rings. The number of likely N-dealkylation sites (tertiary alicyclic amines) is 1. The Bertz CT molecular complexity index is 794.